The van der Waals surface area contributed by atoms with Crippen molar-refractivity contribution in [2.75, 3.05) is 11.9 Å². The third-order valence-corrected chi connectivity index (χ3v) is 7.18. The summed E-state index contributed by atoms with van der Waals surface area (Å²) < 4.78 is 0. The first kappa shape index (κ1) is 22.1. The first-order valence-corrected chi connectivity index (χ1v) is 11.8. The summed E-state index contributed by atoms with van der Waals surface area (Å²) in [7, 11) is 1.73. The van der Waals surface area contributed by atoms with Gasteiger partial charge in [0.15, 0.2) is 0 Å². The molecule has 1 saturated carbocycles. The number of hydrogen-bond acceptors (Lipinski definition) is 5. The van der Waals surface area contributed by atoms with Gasteiger partial charge in [0.25, 0.3) is 5.91 Å². The summed E-state index contributed by atoms with van der Waals surface area (Å²) >= 11 is 1.43. The van der Waals surface area contributed by atoms with E-state index in [2.05, 4.69) is 22.3 Å². The van der Waals surface area contributed by atoms with Crippen molar-refractivity contribution in [3.63, 3.8) is 0 Å². The van der Waals surface area contributed by atoms with Crippen LogP contribution < -0.4 is 4.90 Å². The zero-order valence-corrected chi connectivity index (χ0v) is 18.9. The highest BCUT2D eigenvalue weighted by atomic mass is 32.1. The summed E-state index contributed by atoms with van der Waals surface area (Å²) in [5, 5.41) is 18.9. The van der Waals surface area contributed by atoms with Crippen LogP contribution in [0.2, 0.25) is 0 Å². The second-order valence-electron chi connectivity index (χ2n) is 8.44. The molecule has 0 unspecified atom stereocenters. The van der Waals surface area contributed by atoms with Gasteiger partial charge in [-0.15, -0.1) is 10.2 Å². The average Bonchev–Trinajstić information content (AvgIpc) is 3.27. The Morgan fingerprint density at radius 2 is 1.69 bits per heavy atom. The normalized spacial score (nSPS) is 18.3. The number of aliphatic carboxylic acids is 1. The maximum atomic E-state index is 13.0. The molecule has 0 radical (unpaired) electrons. The van der Waals surface area contributed by atoms with Crippen molar-refractivity contribution in [3.05, 3.63) is 76.3 Å². The maximum Gasteiger partial charge on any atom is 0.303 e. The smallest absolute Gasteiger partial charge is 0.303 e. The van der Waals surface area contributed by atoms with Crippen molar-refractivity contribution in [2.45, 2.75) is 44.4 Å². The number of carboxylic acid groups (broad SMARTS) is 1. The van der Waals surface area contributed by atoms with Gasteiger partial charge in [-0.2, -0.15) is 0 Å². The molecular formula is C25H27N3O3S. The third-order valence-electron chi connectivity index (χ3n) is 6.19. The molecule has 1 fully saturated rings. The predicted molar refractivity (Wildman–Crippen MR) is 125 cm³/mol. The quantitative estimate of drug-likeness (QED) is 0.539. The van der Waals surface area contributed by atoms with Gasteiger partial charge < -0.3 is 5.11 Å². The monoisotopic (exact) mass is 449 g/mol. The van der Waals surface area contributed by atoms with Gasteiger partial charge in [0, 0.05) is 25.5 Å². The van der Waals surface area contributed by atoms with E-state index in [0.717, 1.165) is 36.3 Å². The first-order chi connectivity index (χ1) is 15.5. The molecule has 0 aliphatic heterocycles. The van der Waals surface area contributed by atoms with Crippen LogP contribution in [0.15, 0.2) is 54.6 Å². The first-order valence-electron chi connectivity index (χ1n) is 11.0. The van der Waals surface area contributed by atoms with Gasteiger partial charge in [0.05, 0.1) is 0 Å². The van der Waals surface area contributed by atoms with Crippen LogP contribution in [0.3, 0.4) is 0 Å². The van der Waals surface area contributed by atoms with Crippen LogP contribution in [0.5, 0.6) is 0 Å². The van der Waals surface area contributed by atoms with Crippen LogP contribution in [-0.4, -0.2) is 34.2 Å². The van der Waals surface area contributed by atoms with Gasteiger partial charge in [-0.05, 0) is 60.8 Å². The minimum absolute atomic E-state index is 0.107. The summed E-state index contributed by atoms with van der Waals surface area (Å²) in [5.74, 6) is -0.0882. The van der Waals surface area contributed by atoms with Crippen LogP contribution in [-0.2, 0) is 11.2 Å². The van der Waals surface area contributed by atoms with Gasteiger partial charge in [0.1, 0.15) is 5.01 Å². The Morgan fingerprint density at radius 1 is 1.00 bits per heavy atom. The molecule has 1 aliphatic carbocycles. The van der Waals surface area contributed by atoms with E-state index in [1.165, 1.54) is 16.9 Å². The standard InChI is InChI=1S/C25H27N3O3S/c1-28(25-27-26-22(32-25)15-17-5-3-2-4-6-17)24(31)21-13-11-20(12-14-21)19-9-7-18(8-10-19)16-23(29)30/h2-6,11-14,18-19H,7-10,15-16H2,1H3,(H,29,30). The molecule has 1 aliphatic rings. The van der Waals surface area contributed by atoms with Crippen LogP contribution in [0, 0.1) is 5.92 Å². The highest BCUT2D eigenvalue weighted by Gasteiger charge is 2.24. The molecule has 7 heteroatoms. The van der Waals surface area contributed by atoms with Crippen LogP contribution in [0.25, 0.3) is 0 Å². The summed E-state index contributed by atoms with van der Waals surface area (Å²) in [6.07, 6.45) is 4.86. The number of nitrogens with zero attached hydrogens (tertiary/aromatic N) is 3. The molecule has 1 heterocycles. The van der Waals surface area contributed by atoms with E-state index in [1.54, 1.807) is 11.9 Å². The summed E-state index contributed by atoms with van der Waals surface area (Å²) in [6.45, 7) is 0. The Balaban J connectivity index is 1.36. The van der Waals surface area contributed by atoms with Gasteiger partial charge in [-0.3, -0.25) is 14.5 Å². The fourth-order valence-electron chi connectivity index (χ4n) is 4.35. The third kappa shape index (κ3) is 5.40. The maximum absolute atomic E-state index is 13.0. The summed E-state index contributed by atoms with van der Waals surface area (Å²) in [6, 6.07) is 17.9. The number of benzene rings is 2. The van der Waals surface area contributed by atoms with Crippen molar-refractivity contribution in [1.82, 2.24) is 10.2 Å². The lowest BCUT2D eigenvalue weighted by molar-refractivity contribution is -0.138. The summed E-state index contributed by atoms with van der Waals surface area (Å²) in [4.78, 5) is 25.4. The largest absolute Gasteiger partial charge is 0.481 e. The fourth-order valence-corrected chi connectivity index (χ4v) is 5.18. The van der Waals surface area contributed by atoms with E-state index in [4.69, 9.17) is 5.11 Å². The van der Waals surface area contributed by atoms with E-state index in [9.17, 15) is 9.59 Å². The molecule has 2 aromatic carbocycles. The molecule has 1 amide bonds. The molecule has 4 rings (SSSR count). The van der Waals surface area contributed by atoms with Gasteiger partial charge in [-0.1, -0.05) is 53.8 Å². The topological polar surface area (TPSA) is 83.4 Å². The van der Waals surface area contributed by atoms with Crippen molar-refractivity contribution >= 4 is 28.3 Å². The van der Waals surface area contributed by atoms with E-state index in [1.807, 2.05) is 42.5 Å². The number of carboxylic acids is 1. The number of aromatic nitrogens is 2. The molecule has 0 spiro atoms. The van der Waals surface area contributed by atoms with E-state index < -0.39 is 5.97 Å². The van der Waals surface area contributed by atoms with Crippen molar-refractivity contribution < 1.29 is 14.7 Å². The van der Waals surface area contributed by atoms with Crippen LogP contribution in [0.4, 0.5) is 5.13 Å². The second kappa shape index (κ2) is 10.0. The molecule has 0 saturated heterocycles. The van der Waals surface area contributed by atoms with Gasteiger partial charge in [-0.25, -0.2) is 0 Å². The van der Waals surface area contributed by atoms with Crippen LogP contribution in [0.1, 0.15) is 64.5 Å². The molecule has 1 aromatic heterocycles. The Hall–Kier alpha value is -3.06. The van der Waals surface area contributed by atoms with Crippen molar-refractivity contribution in [2.24, 2.45) is 5.92 Å². The molecule has 166 valence electrons. The number of carbonyl (C=O) groups excluding carboxylic acids is 1. The Labute approximate surface area is 191 Å². The number of hydrogen-bond donors (Lipinski definition) is 1. The predicted octanol–water partition coefficient (Wildman–Crippen LogP) is 5.15. The van der Waals surface area contributed by atoms with E-state index >= 15 is 0 Å². The number of rotatable bonds is 7. The SMILES string of the molecule is CN(C(=O)c1ccc(C2CCC(CC(=O)O)CC2)cc1)c1nnc(Cc2ccccc2)s1. The van der Waals surface area contributed by atoms with E-state index in [0.29, 0.717) is 23.0 Å². The van der Waals surface area contributed by atoms with Gasteiger partial charge in [0.2, 0.25) is 5.13 Å². The lowest BCUT2D eigenvalue weighted by Crippen LogP contribution is -2.26. The molecule has 0 atom stereocenters. The lowest BCUT2D eigenvalue weighted by Gasteiger charge is -2.28. The lowest BCUT2D eigenvalue weighted by atomic mass is 9.77. The zero-order valence-electron chi connectivity index (χ0n) is 18.1. The Bertz CT molecular complexity index is 1060. The van der Waals surface area contributed by atoms with Crippen LogP contribution >= 0.6 is 11.3 Å². The molecule has 32 heavy (non-hydrogen) atoms. The van der Waals surface area contributed by atoms with E-state index in [-0.39, 0.29) is 18.2 Å². The number of anilines is 1. The summed E-state index contributed by atoms with van der Waals surface area (Å²) in [5.41, 5.74) is 3.01. The van der Waals surface area contributed by atoms with Crippen molar-refractivity contribution in [3.8, 4) is 0 Å². The molecule has 6 nitrogen and oxygen atoms in total. The molecule has 1 N–H and O–H groups in total. The molecular weight excluding hydrogens is 422 g/mol. The minimum Gasteiger partial charge on any atom is -0.481 e. The molecule has 0 bridgehead atoms. The van der Waals surface area contributed by atoms with Gasteiger partial charge >= 0.3 is 5.97 Å². The van der Waals surface area contributed by atoms with Crippen molar-refractivity contribution in [1.29, 1.82) is 0 Å². The highest BCUT2D eigenvalue weighted by Crippen LogP contribution is 2.37. The highest BCUT2D eigenvalue weighted by molar-refractivity contribution is 7.15. The fraction of sp³-hybridized carbons (Fsp3) is 0.360. The average molecular weight is 450 g/mol. The zero-order chi connectivity index (χ0) is 22.5. The number of amides is 1. The Kier molecular flexibility index (Phi) is 6.95. The molecule has 3 aromatic rings. The number of carbonyl (C=O) groups is 2. The Morgan fingerprint density at radius 3 is 2.34 bits per heavy atom. The second-order valence-corrected chi connectivity index (χ2v) is 9.48. The minimum atomic E-state index is -0.706.